The van der Waals surface area contributed by atoms with Gasteiger partial charge in [-0.05, 0) is 32.0 Å². The van der Waals surface area contributed by atoms with E-state index in [4.69, 9.17) is 4.74 Å². The van der Waals surface area contributed by atoms with E-state index in [-0.39, 0.29) is 11.4 Å². The maximum absolute atomic E-state index is 12.6. The van der Waals surface area contributed by atoms with Gasteiger partial charge in [-0.3, -0.25) is 14.7 Å². The summed E-state index contributed by atoms with van der Waals surface area (Å²) in [6.45, 7) is 8.23. The number of aromatic nitrogens is 1. The Morgan fingerprint density at radius 2 is 2.04 bits per heavy atom. The molecule has 3 rings (SSSR count). The van der Waals surface area contributed by atoms with Crippen molar-refractivity contribution in [2.45, 2.75) is 19.4 Å². The summed E-state index contributed by atoms with van der Waals surface area (Å²) in [6.07, 6.45) is 1.74. The SMILES string of the molecule is CC(C)(CNC(=O)c1cccc2ncccc12)N1CCOCC1. The number of hydrogen-bond acceptors (Lipinski definition) is 4. The molecule has 0 unspecified atom stereocenters. The number of hydrogen-bond donors (Lipinski definition) is 1. The molecular formula is C18H23N3O2. The highest BCUT2D eigenvalue weighted by Crippen LogP contribution is 2.18. The third-order valence-corrected chi connectivity index (χ3v) is 4.44. The van der Waals surface area contributed by atoms with E-state index in [1.54, 1.807) is 6.20 Å². The fraction of sp³-hybridized carbons (Fsp3) is 0.444. The summed E-state index contributed by atoms with van der Waals surface area (Å²) < 4.78 is 5.40. The van der Waals surface area contributed by atoms with Crippen LogP contribution in [0.25, 0.3) is 10.9 Å². The number of morpholine rings is 1. The van der Waals surface area contributed by atoms with Crippen LogP contribution >= 0.6 is 0 Å². The number of carbonyl (C=O) groups excluding carboxylic acids is 1. The Hall–Kier alpha value is -1.98. The number of rotatable bonds is 4. The zero-order valence-corrected chi connectivity index (χ0v) is 13.7. The van der Waals surface area contributed by atoms with Gasteiger partial charge in [-0.2, -0.15) is 0 Å². The maximum atomic E-state index is 12.6. The fourth-order valence-corrected chi connectivity index (χ4v) is 2.97. The van der Waals surface area contributed by atoms with Crippen molar-refractivity contribution < 1.29 is 9.53 Å². The zero-order chi connectivity index (χ0) is 16.3. The second-order valence-corrected chi connectivity index (χ2v) is 6.47. The molecule has 122 valence electrons. The van der Waals surface area contributed by atoms with Gasteiger partial charge in [0.1, 0.15) is 0 Å². The Morgan fingerprint density at radius 3 is 2.83 bits per heavy atom. The normalized spacial score (nSPS) is 16.4. The van der Waals surface area contributed by atoms with Crippen LogP contribution < -0.4 is 5.32 Å². The van der Waals surface area contributed by atoms with E-state index < -0.39 is 0 Å². The predicted octanol–water partition coefficient (Wildman–Crippen LogP) is 2.08. The second kappa shape index (κ2) is 6.64. The molecule has 2 heterocycles. The van der Waals surface area contributed by atoms with Gasteiger partial charge in [-0.15, -0.1) is 0 Å². The average Bonchev–Trinajstić information content (AvgIpc) is 2.60. The highest BCUT2D eigenvalue weighted by Gasteiger charge is 2.28. The highest BCUT2D eigenvalue weighted by molar-refractivity contribution is 6.06. The van der Waals surface area contributed by atoms with Crippen LogP contribution in [-0.4, -0.2) is 54.2 Å². The highest BCUT2D eigenvalue weighted by atomic mass is 16.5. The molecule has 0 saturated carbocycles. The van der Waals surface area contributed by atoms with E-state index >= 15 is 0 Å². The zero-order valence-electron chi connectivity index (χ0n) is 13.7. The largest absolute Gasteiger partial charge is 0.379 e. The molecule has 0 aliphatic carbocycles. The molecule has 5 nitrogen and oxygen atoms in total. The summed E-state index contributed by atoms with van der Waals surface area (Å²) in [5.41, 5.74) is 1.42. The molecule has 1 saturated heterocycles. The molecule has 1 fully saturated rings. The van der Waals surface area contributed by atoms with Gasteiger partial charge in [0, 0.05) is 42.3 Å². The molecule has 2 aromatic rings. The first-order valence-electron chi connectivity index (χ1n) is 8.03. The number of fused-ring (bicyclic) bond motifs is 1. The van der Waals surface area contributed by atoms with Crippen LogP contribution in [0.3, 0.4) is 0 Å². The van der Waals surface area contributed by atoms with Gasteiger partial charge < -0.3 is 10.1 Å². The minimum absolute atomic E-state index is 0.0510. The molecule has 1 amide bonds. The molecule has 0 spiro atoms. The summed E-state index contributed by atoms with van der Waals surface area (Å²) in [5, 5.41) is 3.97. The lowest BCUT2D eigenvalue weighted by Crippen LogP contribution is -2.55. The van der Waals surface area contributed by atoms with Crippen LogP contribution in [0.1, 0.15) is 24.2 Å². The van der Waals surface area contributed by atoms with Crippen molar-refractivity contribution in [3.63, 3.8) is 0 Å². The summed E-state index contributed by atoms with van der Waals surface area (Å²) in [7, 11) is 0. The Labute approximate surface area is 136 Å². The quantitative estimate of drug-likeness (QED) is 0.939. The van der Waals surface area contributed by atoms with E-state index in [0.717, 1.165) is 37.2 Å². The third-order valence-electron chi connectivity index (χ3n) is 4.44. The molecule has 5 heteroatoms. The molecule has 23 heavy (non-hydrogen) atoms. The third kappa shape index (κ3) is 3.51. The van der Waals surface area contributed by atoms with Crippen molar-refractivity contribution in [2.24, 2.45) is 0 Å². The van der Waals surface area contributed by atoms with Gasteiger partial charge >= 0.3 is 0 Å². The minimum Gasteiger partial charge on any atom is -0.379 e. The number of nitrogens with one attached hydrogen (secondary N) is 1. The van der Waals surface area contributed by atoms with Gasteiger partial charge in [0.15, 0.2) is 0 Å². The first-order chi connectivity index (χ1) is 11.1. The standard InChI is InChI=1S/C18H23N3O2/c1-18(2,21-9-11-23-12-10-21)13-20-17(22)15-5-3-7-16-14(15)6-4-8-19-16/h3-8H,9-13H2,1-2H3,(H,20,22). The minimum atomic E-state index is -0.0950. The van der Waals surface area contributed by atoms with E-state index in [1.807, 2.05) is 30.3 Å². The average molecular weight is 313 g/mol. The smallest absolute Gasteiger partial charge is 0.252 e. The topological polar surface area (TPSA) is 54.5 Å². The van der Waals surface area contributed by atoms with Crippen molar-refractivity contribution in [1.82, 2.24) is 15.2 Å². The molecule has 1 aliphatic heterocycles. The monoisotopic (exact) mass is 313 g/mol. The number of benzene rings is 1. The van der Waals surface area contributed by atoms with Crippen LogP contribution in [0.2, 0.25) is 0 Å². The van der Waals surface area contributed by atoms with Gasteiger partial charge in [-0.1, -0.05) is 12.1 Å². The van der Waals surface area contributed by atoms with Crippen molar-refractivity contribution in [2.75, 3.05) is 32.8 Å². The van der Waals surface area contributed by atoms with Crippen molar-refractivity contribution in [3.8, 4) is 0 Å². The lowest BCUT2D eigenvalue weighted by molar-refractivity contribution is -0.00922. The molecular weight excluding hydrogens is 290 g/mol. The lowest BCUT2D eigenvalue weighted by Gasteiger charge is -2.40. The Morgan fingerprint density at radius 1 is 1.26 bits per heavy atom. The van der Waals surface area contributed by atoms with Crippen LogP contribution in [0.5, 0.6) is 0 Å². The van der Waals surface area contributed by atoms with E-state index in [1.165, 1.54) is 0 Å². The molecule has 1 N–H and O–H groups in total. The molecule has 0 atom stereocenters. The van der Waals surface area contributed by atoms with Crippen molar-refractivity contribution >= 4 is 16.8 Å². The first-order valence-corrected chi connectivity index (χ1v) is 8.03. The van der Waals surface area contributed by atoms with Crippen molar-refractivity contribution in [1.29, 1.82) is 0 Å². The van der Waals surface area contributed by atoms with Crippen LogP contribution in [0.15, 0.2) is 36.5 Å². The summed E-state index contributed by atoms with van der Waals surface area (Å²) in [5.74, 6) is -0.0510. The van der Waals surface area contributed by atoms with Crippen molar-refractivity contribution in [3.05, 3.63) is 42.1 Å². The van der Waals surface area contributed by atoms with Crippen LogP contribution in [-0.2, 0) is 4.74 Å². The lowest BCUT2D eigenvalue weighted by atomic mass is 10.0. The fourth-order valence-electron chi connectivity index (χ4n) is 2.97. The number of pyridine rings is 1. The van der Waals surface area contributed by atoms with Crippen LogP contribution in [0.4, 0.5) is 0 Å². The van der Waals surface area contributed by atoms with Gasteiger partial charge in [0.25, 0.3) is 5.91 Å². The first kappa shape index (κ1) is 15.9. The molecule has 1 aromatic carbocycles. The summed E-state index contributed by atoms with van der Waals surface area (Å²) in [4.78, 5) is 19.3. The predicted molar refractivity (Wildman–Crippen MR) is 90.5 cm³/mol. The van der Waals surface area contributed by atoms with Crippen LogP contribution in [0, 0.1) is 0 Å². The Bertz CT molecular complexity index is 688. The molecule has 1 aliphatic rings. The maximum Gasteiger partial charge on any atom is 0.252 e. The van der Waals surface area contributed by atoms with E-state index in [0.29, 0.717) is 12.1 Å². The summed E-state index contributed by atoms with van der Waals surface area (Å²) >= 11 is 0. The number of nitrogens with zero attached hydrogens (tertiary/aromatic N) is 2. The molecule has 0 bridgehead atoms. The van der Waals surface area contributed by atoms with Gasteiger partial charge in [-0.25, -0.2) is 0 Å². The molecule has 1 aromatic heterocycles. The van der Waals surface area contributed by atoms with E-state index in [2.05, 4.69) is 29.0 Å². The number of carbonyl (C=O) groups is 1. The number of amides is 1. The van der Waals surface area contributed by atoms with E-state index in [9.17, 15) is 4.79 Å². The summed E-state index contributed by atoms with van der Waals surface area (Å²) in [6, 6.07) is 9.43. The van der Waals surface area contributed by atoms with Gasteiger partial charge in [0.2, 0.25) is 0 Å². The Balaban J connectivity index is 1.71. The Kier molecular flexibility index (Phi) is 4.59. The van der Waals surface area contributed by atoms with Gasteiger partial charge in [0.05, 0.1) is 18.7 Å². The number of ether oxygens (including phenoxy) is 1. The second-order valence-electron chi connectivity index (χ2n) is 6.47. The molecule has 0 radical (unpaired) electrons.